The van der Waals surface area contributed by atoms with Gasteiger partial charge in [-0.15, -0.1) is 0 Å². The number of anilines is 1. The number of pyridine rings is 1. The summed E-state index contributed by atoms with van der Waals surface area (Å²) >= 11 is 3.46. The minimum absolute atomic E-state index is 0.0417. The third kappa shape index (κ3) is 2.15. The molecule has 3 aromatic rings. The molecule has 2 aromatic heterocycles. The molecule has 21 heavy (non-hydrogen) atoms. The van der Waals surface area contributed by atoms with E-state index in [0.717, 1.165) is 21.4 Å². The van der Waals surface area contributed by atoms with Crippen molar-refractivity contribution < 1.29 is 4.92 Å². The van der Waals surface area contributed by atoms with Crippen molar-refractivity contribution in [3.63, 3.8) is 0 Å². The van der Waals surface area contributed by atoms with Crippen LogP contribution < -0.4 is 5.73 Å². The zero-order valence-corrected chi connectivity index (χ0v) is 12.7. The third-order valence-corrected chi connectivity index (χ3v) is 4.19. The lowest BCUT2D eigenvalue weighted by Gasteiger charge is -2.04. The van der Waals surface area contributed by atoms with Gasteiger partial charge in [-0.25, -0.2) is 4.98 Å². The average Bonchev–Trinajstić information content (AvgIpc) is 2.81. The SMILES string of the molecule is Cc1c(Br)ccc2nc(-c3ccc([N+](=O)[O-])cc3)c(N)n12. The van der Waals surface area contributed by atoms with Crippen molar-refractivity contribution in [2.24, 2.45) is 0 Å². The predicted octanol–water partition coefficient (Wildman–Crippen LogP) is 3.56. The monoisotopic (exact) mass is 346 g/mol. The quantitative estimate of drug-likeness (QED) is 0.567. The van der Waals surface area contributed by atoms with E-state index in [2.05, 4.69) is 20.9 Å². The fraction of sp³-hybridized carbons (Fsp3) is 0.0714. The lowest BCUT2D eigenvalue weighted by Crippen LogP contribution is -1.98. The number of nitrogens with zero attached hydrogens (tertiary/aromatic N) is 3. The van der Waals surface area contributed by atoms with Gasteiger partial charge < -0.3 is 5.73 Å². The molecule has 106 valence electrons. The highest BCUT2D eigenvalue weighted by Crippen LogP contribution is 2.30. The molecule has 0 bridgehead atoms. The van der Waals surface area contributed by atoms with E-state index in [-0.39, 0.29) is 5.69 Å². The van der Waals surface area contributed by atoms with Crippen LogP contribution in [0.2, 0.25) is 0 Å². The van der Waals surface area contributed by atoms with E-state index in [4.69, 9.17) is 5.73 Å². The van der Waals surface area contributed by atoms with E-state index in [0.29, 0.717) is 11.5 Å². The molecule has 0 fully saturated rings. The van der Waals surface area contributed by atoms with Crippen LogP contribution in [0.5, 0.6) is 0 Å². The highest BCUT2D eigenvalue weighted by atomic mass is 79.9. The smallest absolute Gasteiger partial charge is 0.269 e. The fourth-order valence-electron chi connectivity index (χ4n) is 2.24. The maximum absolute atomic E-state index is 10.7. The molecule has 1 aromatic carbocycles. The lowest BCUT2D eigenvalue weighted by atomic mass is 10.1. The Kier molecular flexibility index (Phi) is 3.13. The topological polar surface area (TPSA) is 86.5 Å². The Bertz CT molecular complexity index is 856. The summed E-state index contributed by atoms with van der Waals surface area (Å²) in [6, 6.07) is 9.98. The van der Waals surface area contributed by atoms with Crippen LogP contribution in [0.1, 0.15) is 5.69 Å². The second kappa shape index (κ2) is 4.85. The molecule has 3 rings (SSSR count). The molecule has 6 nitrogen and oxygen atoms in total. The first kappa shape index (κ1) is 13.6. The van der Waals surface area contributed by atoms with Crippen molar-refractivity contribution in [3.8, 4) is 11.3 Å². The van der Waals surface area contributed by atoms with Gasteiger partial charge in [0.1, 0.15) is 17.2 Å². The van der Waals surface area contributed by atoms with Crippen LogP contribution in [0.15, 0.2) is 40.9 Å². The van der Waals surface area contributed by atoms with Gasteiger partial charge in [0.2, 0.25) is 0 Å². The van der Waals surface area contributed by atoms with Crippen molar-refractivity contribution in [1.82, 2.24) is 9.38 Å². The molecule has 0 atom stereocenters. The number of benzene rings is 1. The number of imidazole rings is 1. The van der Waals surface area contributed by atoms with Gasteiger partial charge in [0.15, 0.2) is 0 Å². The maximum atomic E-state index is 10.7. The highest BCUT2D eigenvalue weighted by Gasteiger charge is 2.15. The van der Waals surface area contributed by atoms with E-state index in [1.54, 1.807) is 12.1 Å². The molecule has 0 spiro atoms. The van der Waals surface area contributed by atoms with Crippen molar-refractivity contribution in [3.05, 3.63) is 56.7 Å². The molecular formula is C14H11BrN4O2. The minimum Gasteiger partial charge on any atom is -0.383 e. The number of rotatable bonds is 2. The summed E-state index contributed by atoms with van der Waals surface area (Å²) < 4.78 is 2.79. The fourth-order valence-corrected chi connectivity index (χ4v) is 2.55. The van der Waals surface area contributed by atoms with Crippen LogP contribution in [-0.4, -0.2) is 14.3 Å². The van der Waals surface area contributed by atoms with E-state index in [1.165, 1.54) is 12.1 Å². The number of nitro benzene ring substituents is 1. The molecule has 0 saturated heterocycles. The van der Waals surface area contributed by atoms with Gasteiger partial charge in [-0.2, -0.15) is 0 Å². The molecule has 2 heterocycles. The summed E-state index contributed by atoms with van der Waals surface area (Å²) in [6.07, 6.45) is 0. The first-order chi connectivity index (χ1) is 9.99. The Morgan fingerprint density at radius 3 is 2.52 bits per heavy atom. The van der Waals surface area contributed by atoms with Gasteiger partial charge >= 0.3 is 0 Å². The number of nitrogens with two attached hydrogens (primary N) is 1. The van der Waals surface area contributed by atoms with E-state index in [9.17, 15) is 10.1 Å². The molecule has 0 saturated carbocycles. The molecule has 0 aliphatic carbocycles. The number of nitrogen functional groups attached to an aromatic ring is 1. The Hall–Kier alpha value is -2.41. The van der Waals surface area contributed by atoms with Crippen LogP contribution >= 0.6 is 15.9 Å². The normalized spacial score (nSPS) is 11.0. The molecule has 0 unspecified atom stereocenters. The van der Waals surface area contributed by atoms with Crippen LogP contribution in [0.4, 0.5) is 11.5 Å². The molecule has 0 aliphatic rings. The van der Waals surface area contributed by atoms with Crippen LogP contribution in [0, 0.1) is 17.0 Å². The Morgan fingerprint density at radius 2 is 1.90 bits per heavy atom. The van der Waals surface area contributed by atoms with Gasteiger partial charge in [-0.1, -0.05) is 0 Å². The number of hydrogen-bond donors (Lipinski definition) is 1. The molecule has 2 N–H and O–H groups in total. The highest BCUT2D eigenvalue weighted by molar-refractivity contribution is 9.10. The Morgan fingerprint density at radius 1 is 1.24 bits per heavy atom. The van der Waals surface area contributed by atoms with Crippen molar-refractivity contribution in [2.75, 3.05) is 5.73 Å². The number of fused-ring (bicyclic) bond motifs is 1. The summed E-state index contributed by atoms with van der Waals surface area (Å²) in [6.45, 7) is 1.94. The summed E-state index contributed by atoms with van der Waals surface area (Å²) in [5.74, 6) is 0.512. The third-order valence-electron chi connectivity index (χ3n) is 3.35. The first-order valence-corrected chi connectivity index (χ1v) is 6.96. The minimum atomic E-state index is -0.432. The first-order valence-electron chi connectivity index (χ1n) is 6.17. The standard InChI is InChI=1S/C14H11BrN4O2/c1-8-11(15)6-7-12-17-13(14(16)18(8)12)9-2-4-10(5-3-9)19(20)21/h2-7H,16H2,1H3. The number of non-ortho nitro benzene ring substituents is 1. The number of hydrogen-bond acceptors (Lipinski definition) is 4. The van der Waals surface area contributed by atoms with Gasteiger partial charge in [0, 0.05) is 27.9 Å². The molecule has 7 heteroatoms. The summed E-state index contributed by atoms with van der Waals surface area (Å²) in [5.41, 5.74) is 9.28. The van der Waals surface area contributed by atoms with Crippen molar-refractivity contribution in [1.29, 1.82) is 0 Å². The summed E-state index contributed by atoms with van der Waals surface area (Å²) in [7, 11) is 0. The molecule has 0 radical (unpaired) electrons. The summed E-state index contributed by atoms with van der Waals surface area (Å²) in [4.78, 5) is 14.8. The summed E-state index contributed by atoms with van der Waals surface area (Å²) in [5, 5.41) is 10.7. The van der Waals surface area contributed by atoms with Crippen LogP contribution in [-0.2, 0) is 0 Å². The van der Waals surface area contributed by atoms with Gasteiger partial charge in [-0.3, -0.25) is 14.5 Å². The largest absolute Gasteiger partial charge is 0.383 e. The van der Waals surface area contributed by atoms with E-state index in [1.807, 2.05) is 23.5 Å². The number of nitro groups is 1. The average molecular weight is 347 g/mol. The second-order valence-electron chi connectivity index (χ2n) is 4.61. The number of halogens is 1. The zero-order chi connectivity index (χ0) is 15.1. The predicted molar refractivity (Wildman–Crippen MR) is 84.1 cm³/mol. The maximum Gasteiger partial charge on any atom is 0.269 e. The Labute approximate surface area is 128 Å². The van der Waals surface area contributed by atoms with Gasteiger partial charge in [0.05, 0.1) is 4.92 Å². The lowest BCUT2D eigenvalue weighted by molar-refractivity contribution is -0.384. The molecular weight excluding hydrogens is 336 g/mol. The van der Waals surface area contributed by atoms with E-state index < -0.39 is 4.92 Å². The number of aromatic nitrogens is 2. The molecule has 0 aliphatic heterocycles. The molecule has 0 amide bonds. The van der Waals surface area contributed by atoms with Crippen molar-refractivity contribution in [2.45, 2.75) is 6.92 Å². The Balaban J connectivity index is 2.19. The number of aryl methyl sites for hydroxylation is 1. The van der Waals surface area contributed by atoms with Crippen LogP contribution in [0.25, 0.3) is 16.9 Å². The van der Waals surface area contributed by atoms with Gasteiger partial charge in [0.25, 0.3) is 5.69 Å². The van der Waals surface area contributed by atoms with Crippen LogP contribution in [0.3, 0.4) is 0 Å². The van der Waals surface area contributed by atoms with Crippen molar-refractivity contribution >= 4 is 33.1 Å². The zero-order valence-electron chi connectivity index (χ0n) is 11.1. The van der Waals surface area contributed by atoms with E-state index >= 15 is 0 Å². The van der Waals surface area contributed by atoms with Gasteiger partial charge in [-0.05, 0) is 47.1 Å². The second-order valence-corrected chi connectivity index (χ2v) is 5.46.